The highest BCUT2D eigenvalue weighted by molar-refractivity contribution is 5.92. The van der Waals surface area contributed by atoms with Crippen LogP contribution in [0.4, 0.5) is 5.69 Å². The van der Waals surface area contributed by atoms with Gasteiger partial charge in [-0.25, -0.2) is 15.4 Å². The second kappa shape index (κ2) is 12.5. The lowest BCUT2D eigenvalue weighted by molar-refractivity contribution is -0.205. The maximum Gasteiger partial charge on any atom is 0.246 e. The van der Waals surface area contributed by atoms with Crippen molar-refractivity contribution in [3.05, 3.63) is 108 Å². The molecule has 0 spiro atoms. The molecule has 2 saturated heterocycles. The van der Waals surface area contributed by atoms with Crippen LogP contribution in [0.3, 0.4) is 0 Å². The van der Waals surface area contributed by atoms with Crippen LogP contribution in [0.15, 0.2) is 85.5 Å². The fourth-order valence-corrected chi connectivity index (χ4v) is 6.37. The van der Waals surface area contributed by atoms with Gasteiger partial charge in [0.1, 0.15) is 24.1 Å². The van der Waals surface area contributed by atoms with Gasteiger partial charge >= 0.3 is 0 Å². The van der Waals surface area contributed by atoms with E-state index in [9.17, 15) is 19.5 Å². The van der Waals surface area contributed by atoms with Crippen molar-refractivity contribution >= 4 is 23.4 Å². The molecule has 0 aromatic heterocycles. The van der Waals surface area contributed by atoms with Gasteiger partial charge in [-0.1, -0.05) is 66.7 Å². The lowest BCUT2D eigenvalue weighted by Gasteiger charge is -2.55. The average molecular weight is 596 g/mol. The minimum atomic E-state index is -0.841. The third-order valence-corrected chi connectivity index (χ3v) is 8.49. The molecule has 5 N–H and O–H groups in total. The van der Waals surface area contributed by atoms with E-state index in [0.717, 1.165) is 27.9 Å². The van der Waals surface area contributed by atoms with Gasteiger partial charge in [-0.05, 0) is 35.2 Å². The predicted octanol–water partition coefficient (Wildman–Crippen LogP) is 2.27. The number of benzene rings is 3. The zero-order valence-corrected chi connectivity index (χ0v) is 24.4. The van der Waals surface area contributed by atoms with Crippen molar-refractivity contribution in [1.82, 2.24) is 25.2 Å². The lowest BCUT2D eigenvalue weighted by Crippen LogP contribution is -2.75. The number of phenolic OH excluding ortho intramolecular Hbond substituents is 1. The first-order valence-corrected chi connectivity index (χ1v) is 14.8. The minimum absolute atomic E-state index is 0.0430. The molecule has 228 valence electrons. The third-order valence-electron chi connectivity index (χ3n) is 8.49. The van der Waals surface area contributed by atoms with Gasteiger partial charge in [0.25, 0.3) is 0 Å². The van der Waals surface area contributed by atoms with Crippen molar-refractivity contribution in [2.45, 2.75) is 44.2 Å². The number of carbonyl (C=O) groups is 3. The van der Waals surface area contributed by atoms with Crippen LogP contribution in [0.5, 0.6) is 5.75 Å². The van der Waals surface area contributed by atoms with E-state index in [1.165, 1.54) is 0 Å². The van der Waals surface area contributed by atoms with Crippen molar-refractivity contribution < 1.29 is 19.5 Å². The van der Waals surface area contributed by atoms with Crippen molar-refractivity contribution in [2.24, 2.45) is 5.73 Å². The van der Waals surface area contributed by atoms with Gasteiger partial charge in [-0.2, -0.15) is 0 Å². The monoisotopic (exact) mass is 595 g/mol. The highest BCUT2D eigenvalue weighted by Crippen LogP contribution is 2.33. The molecule has 44 heavy (non-hydrogen) atoms. The van der Waals surface area contributed by atoms with Crippen LogP contribution in [0.1, 0.15) is 34.8 Å². The van der Waals surface area contributed by atoms with Crippen LogP contribution < -0.4 is 16.6 Å². The Morgan fingerprint density at radius 2 is 1.80 bits per heavy atom. The van der Waals surface area contributed by atoms with Gasteiger partial charge in [0.2, 0.25) is 17.7 Å². The summed E-state index contributed by atoms with van der Waals surface area (Å²) >= 11 is 0. The summed E-state index contributed by atoms with van der Waals surface area (Å²) in [5.41, 5.74) is 16.8. The van der Waals surface area contributed by atoms with E-state index < -0.39 is 12.2 Å². The van der Waals surface area contributed by atoms with Crippen molar-refractivity contribution in [3.63, 3.8) is 0 Å². The summed E-state index contributed by atoms with van der Waals surface area (Å²) in [6, 6.07) is 21.4. The number of aryl methyl sites for hydroxylation is 1. The number of piperazine rings is 1. The zero-order chi connectivity index (χ0) is 30.8. The number of nitrogens with one attached hydrogen (secondary N) is 2. The molecular formula is C33H37N7O4. The quantitative estimate of drug-likeness (QED) is 0.277. The summed E-state index contributed by atoms with van der Waals surface area (Å²) in [6.07, 6.45) is 1.63. The predicted molar refractivity (Wildman–Crippen MR) is 165 cm³/mol. The molecule has 0 bridgehead atoms. The Labute approximate surface area is 256 Å². The zero-order valence-electron chi connectivity index (χ0n) is 24.4. The molecular weight excluding hydrogens is 558 g/mol. The number of para-hydroxylation sites is 1. The summed E-state index contributed by atoms with van der Waals surface area (Å²) in [5, 5.41) is 13.2. The van der Waals surface area contributed by atoms with Crippen LogP contribution >= 0.6 is 0 Å². The number of amides is 3. The molecule has 0 radical (unpaired) electrons. The van der Waals surface area contributed by atoms with E-state index >= 15 is 0 Å². The summed E-state index contributed by atoms with van der Waals surface area (Å²) < 4.78 is 0. The number of rotatable bonds is 9. The molecule has 3 aliphatic rings. The Morgan fingerprint density at radius 3 is 2.55 bits per heavy atom. The average Bonchev–Trinajstić information content (AvgIpc) is 3.41. The van der Waals surface area contributed by atoms with E-state index in [1.807, 2.05) is 48.5 Å². The number of nitrogens with zero attached hydrogens (tertiary/aromatic N) is 4. The van der Waals surface area contributed by atoms with Gasteiger partial charge in [0.15, 0.2) is 0 Å². The van der Waals surface area contributed by atoms with Crippen molar-refractivity contribution in [2.75, 3.05) is 25.1 Å². The van der Waals surface area contributed by atoms with Crippen LogP contribution in [-0.2, 0) is 33.8 Å². The van der Waals surface area contributed by atoms with Crippen LogP contribution in [-0.4, -0.2) is 74.5 Å². The number of hydrazine groups is 2. The number of aromatic hydroxyl groups is 1. The number of fused-ring (bicyclic) bond motifs is 2. The highest BCUT2D eigenvalue weighted by Gasteiger charge is 2.51. The number of anilines is 1. The summed E-state index contributed by atoms with van der Waals surface area (Å²) in [7, 11) is 0. The van der Waals surface area contributed by atoms with Gasteiger partial charge in [0, 0.05) is 31.5 Å². The molecule has 11 heteroatoms. The second-order valence-corrected chi connectivity index (χ2v) is 11.4. The molecule has 1 unspecified atom stereocenters. The van der Waals surface area contributed by atoms with Gasteiger partial charge in [-0.3, -0.25) is 14.4 Å². The highest BCUT2D eigenvalue weighted by atomic mass is 16.3. The molecule has 3 heterocycles. The molecule has 2 fully saturated rings. The van der Waals surface area contributed by atoms with Crippen molar-refractivity contribution in [1.29, 1.82) is 0 Å². The van der Waals surface area contributed by atoms with Crippen LogP contribution in [0.2, 0.25) is 0 Å². The Balaban J connectivity index is 1.35. The smallest absolute Gasteiger partial charge is 0.246 e. The number of nitrogens with two attached hydrogens (primary N) is 1. The fourth-order valence-electron chi connectivity index (χ4n) is 6.37. The van der Waals surface area contributed by atoms with Gasteiger partial charge in [-0.15, -0.1) is 6.58 Å². The molecule has 3 atom stereocenters. The standard InChI is InChI=1S/C33H37N7O4/c1-2-17-38-21-30(43)39-27(18-23-11-14-25(41)15-12-23)33(44)37(19-24-9-6-10-26-31(24)35-36-32(26)34)20-28(39)40(38)29(42)16-13-22-7-4-3-5-8-22/h2-12,14-15,27-28,32,35-36,41H,1,13,16-21,34H2/t27-,28-,32?/m0/s1. The minimum Gasteiger partial charge on any atom is -0.508 e. The Hall–Kier alpha value is -4.71. The van der Waals surface area contributed by atoms with Crippen molar-refractivity contribution in [3.8, 4) is 5.75 Å². The normalized spacial score (nSPS) is 21.6. The topological polar surface area (TPSA) is 134 Å². The Bertz CT molecular complexity index is 1550. The fraction of sp³-hybridized carbons (Fsp3) is 0.303. The summed E-state index contributed by atoms with van der Waals surface area (Å²) in [4.78, 5) is 45.4. The number of hydrogen-bond acceptors (Lipinski definition) is 8. The molecule has 0 aliphatic carbocycles. The molecule has 3 aliphatic heterocycles. The van der Waals surface area contributed by atoms with E-state index in [4.69, 9.17) is 5.73 Å². The first kappa shape index (κ1) is 29.4. The van der Waals surface area contributed by atoms with E-state index in [1.54, 1.807) is 50.2 Å². The molecule has 3 aromatic rings. The summed E-state index contributed by atoms with van der Waals surface area (Å²) in [6.45, 7) is 4.53. The van der Waals surface area contributed by atoms with E-state index in [2.05, 4.69) is 17.4 Å². The first-order valence-electron chi connectivity index (χ1n) is 14.8. The largest absolute Gasteiger partial charge is 0.508 e. The number of carbonyl (C=O) groups excluding carboxylic acids is 3. The van der Waals surface area contributed by atoms with E-state index in [-0.39, 0.29) is 62.1 Å². The first-order chi connectivity index (χ1) is 21.3. The SMILES string of the molecule is C=CCN1CC(=O)N2[C@@H](Cc3ccc(O)cc3)C(=O)N(Cc3cccc4c3NNC4N)C[C@@H]2N1C(=O)CCc1ccccc1. The Morgan fingerprint density at radius 1 is 1.02 bits per heavy atom. The second-order valence-electron chi connectivity index (χ2n) is 11.4. The summed E-state index contributed by atoms with van der Waals surface area (Å²) in [5.74, 6) is -0.444. The third kappa shape index (κ3) is 5.77. The maximum atomic E-state index is 14.2. The Kier molecular flexibility index (Phi) is 8.34. The maximum absolute atomic E-state index is 14.2. The van der Waals surface area contributed by atoms with Gasteiger partial charge < -0.3 is 26.1 Å². The van der Waals surface area contributed by atoms with E-state index in [0.29, 0.717) is 13.0 Å². The van der Waals surface area contributed by atoms with Crippen LogP contribution in [0, 0.1) is 0 Å². The lowest BCUT2D eigenvalue weighted by atomic mass is 9.97. The van der Waals surface area contributed by atoms with Gasteiger partial charge in [0.05, 0.1) is 18.8 Å². The molecule has 0 saturated carbocycles. The number of hydrogen-bond donors (Lipinski definition) is 4. The molecule has 3 amide bonds. The molecule has 3 aromatic carbocycles. The number of phenols is 1. The molecule has 6 rings (SSSR count). The molecule has 11 nitrogen and oxygen atoms in total. The van der Waals surface area contributed by atoms with Crippen LogP contribution in [0.25, 0.3) is 0 Å².